The molecule has 0 saturated carbocycles. The molecule has 1 aromatic rings. The lowest BCUT2D eigenvalue weighted by Gasteiger charge is -2.09. The molecule has 1 rings (SSSR count). The molecule has 1 amide bonds. The SMILES string of the molecule is NC(=O)COCCNc1cnn(CCO)c(=O)c1Cl. The summed E-state index contributed by atoms with van der Waals surface area (Å²) >= 11 is 5.86. The van der Waals surface area contributed by atoms with E-state index < -0.39 is 11.5 Å². The third-order valence-electron chi connectivity index (χ3n) is 2.10. The average Bonchev–Trinajstić information content (AvgIpc) is 2.37. The maximum Gasteiger partial charge on any atom is 0.287 e. The van der Waals surface area contributed by atoms with Crippen LogP contribution >= 0.6 is 11.6 Å². The first-order valence-electron chi connectivity index (χ1n) is 5.52. The number of ether oxygens (including phenoxy) is 1. The second kappa shape index (κ2) is 7.72. The van der Waals surface area contributed by atoms with Crippen LogP contribution in [0.15, 0.2) is 11.0 Å². The third-order valence-corrected chi connectivity index (χ3v) is 2.47. The molecule has 19 heavy (non-hydrogen) atoms. The van der Waals surface area contributed by atoms with Crippen LogP contribution in [-0.2, 0) is 16.1 Å². The van der Waals surface area contributed by atoms with E-state index in [1.807, 2.05) is 0 Å². The number of hydrogen-bond donors (Lipinski definition) is 3. The zero-order chi connectivity index (χ0) is 14.3. The summed E-state index contributed by atoms with van der Waals surface area (Å²) in [6, 6.07) is 0. The topological polar surface area (TPSA) is 119 Å². The van der Waals surface area contributed by atoms with Crippen molar-refractivity contribution in [2.24, 2.45) is 5.73 Å². The molecule has 0 aliphatic heterocycles. The van der Waals surface area contributed by atoms with Gasteiger partial charge in [-0.25, -0.2) is 4.68 Å². The highest BCUT2D eigenvalue weighted by Crippen LogP contribution is 2.14. The highest BCUT2D eigenvalue weighted by atomic mass is 35.5. The fraction of sp³-hybridized carbons (Fsp3) is 0.500. The van der Waals surface area contributed by atoms with E-state index in [0.717, 1.165) is 4.68 Å². The van der Waals surface area contributed by atoms with Crippen LogP contribution in [0.3, 0.4) is 0 Å². The van der Waals surface area contributed by atoms with Gasteiger partial charge in [0.1, 0.15) is 11.6 Å². The maximum atomic E-state index is 11.7. The van der Waals surface area contributed by atoms with Crippen molar-refractivity contribution in [1.29, 1.82) is 0 Å². The number of anilines is 1. The summed E-state index contributed by atoms with van der Waals surface area (Å²) in [4.78, 5) is 22.1. The van der Waals surface area contributed by atoms with Crippen LogP contribution < -0.4 is 16.6 Å². The number of hydrogen-bond acceptors (Lipinski definition) is 6. The van der Waals surface area contributed by atoms with Gasteiger partial charge in [0.15, 0.2) is 0 Å². The van der Waals surface area contributed by atoms with Gasteiger partial charge >= 0.3 is 0 Å². The number of primary amides is 1. The summed E-state index contributed by atoms with van der Waals surface area (Å²) in [5.41, 5.74) is 4.77. The molecule has 106 valence electrons. The first kappa shape index (κ1) is 15.4. The molecule has 0 fully saturated rings. The number of aliphatic hydroxyl groups is 1. The summed E-state index contributed by atoms with van der Waals surface area (Å²) < 4.78 is 6.00. The molecule has 1 heterocycles. The molecule has 0 saturated heterocycles. The Morgan fingerprint density at radius 1 is 1.63 bits per heavy atom. The van der Waals surface area contributed by atoms with Crippen LogP contribution in [0.4, 0.5) is 5.69 Å². The van der Waals surface area contributed by atoms with Crippen LogP contribution in [0, 0.1) is 0 Å². The van der Waals surface area contributed by atoms with Crippen LogP contribution in [0.2, 0.25) is 5.02 Å². The number of halogens is 1. The minimum absolute atomic E-state index is 0.0154. The number of carbonyl (C=O) groups is 1. The molecule has 0 aliphatic rings. The van der Waals surface area contributed by atoms with E-state index in [2.05, 4.69) is 10.4 Å². The van der Waals surface area contributed by atoms with Crippen molar-refractivity contribution in [3.8, 4) is 0 Å². The Kier molecular flexibility index (Phi) is 6.26. The van der Waals surface area contributed by atoms with E-state index in [0.29, 0.717) is 12.2 Å². The predicted octanol–water partition coefficient (Wildman–Crippen LogP) is -1.20. The first-order chi connectivity index (χ1) is 9.06. The number of carbonyl (C=O) groups excluding carboxylic acids is 1. The Morgan fingerprint density at radius 2 is 2.37 bits per heavy atom. The van der Waals surface area contributed by atoms with E-state index in [4.69, 9.17) is 27.2 Å². The number of rotatable bonds is 8. The van der Waals surface area contributed by atoms with Gasteiger partial charge in [0.2, 0.25) is 5.91 Å². The summed E-state index contributed by atoms with van der Waals surface area (Å²) in [7, 11) is 0. The zero-order valence-electron chi connectivity index (χ0n) is 10.1. The molecular formula is C10H15ClN4O4. The van der Waals surface area contributed by atoms with Gasteiger partial charge in [0, 0.05) is 6.54 Å². The van der Waals surface area contributed by atoms with E-state index in [1.54, 1.807) is 0 Å². The fourth-order valence-corrected chi connectivity index (χ4v) is 1.49. The van der Waals surface area contributed by atoms with Crippen LogP contribution in [0.5, 0.6) is 0 Å². The third kappa shape index (κ3) is 4.86. The van der Waals surface area contributed by atoms with Crippen molar-refractivity contribution in [1.82, 2.24) is 9.78 Å². The van der Waals surface area contributed by atoms with Crippen molar-refractivity contribution in [2.45, 2.75) is 6.54 Å². The van der Waals surface area contributed by atoms with Crippen LogP contribution in [0.25, 0.3) is 0 Å². The minimum atomic E-state index is -0.550. The van der Waals surface area contributed by atoms with E-state index in [9.17, 15) is 9.59 Å². The first-order valence-corrected chi connectivity index (χ1v) is 5.90. The molecule has 4 N–H and O–H groups in total. The van der Waals surface area contributed by atoms with E-state index >= 15 is 0 Å². The lowest BCUT2D eigenvalue weighted by Crippen LogP contribution is -2.26. The molecule has 0 unspecified atom stereocenters. The largest absolute Gasteiger partial charge is 0.394 e. The Labute approximate surface area is 114 Å². The molecule has 9 heteroatoms. The minimum Gasteiger partial charge on any atom is -0.394 e. The molecule has 0 aromatic carbocycles. The molecule has 1 aromatic heterocycles. The molecule has 0 spiro atoms. The van der Waals surface area contributed by atoms with Gasteiger partial charge in [0.25, 0.3) is 5.56 Å². The second-order valence-corrected chi connectivity index (χ2v) is 3.95. The number of aromatic nitrogens is 2. The monoisotopic (exact) mass is 290 g/mol. The highest BCUT2D eigenvalue weighted by molar-refractivity contribution is 6.32. The van der Waals surface area contributed by atoms with Crippen molar-refractivity contribution < 1.29 is 14.6 Å². The van der Waals surface area contributed by atoms with Crippen LogP contribution in [-0.4, -0.2) is 47.2 Å². The highest BCUT2D eigenvalue weighted by Gasteiger charge is 2.08. The summed E-state index contributed by atoms with van der Waals surface area (Å²) in [5, 5.41) is 15.4. The van der Waals surface area contributed by atoms with Gasteiger partial charge in [-0.3, -0.25) is 9.59 Å². The molecule has 8 nitrogen and oxygen atoms in total. The van der Waals surface area contributed by atoms with E-state index in [-0.39, 0.29) is 31.4 Å². The second-order valence-electron chi connectivity index (χ2n) is 3.57. The van der Waals surface area contributed by atoms with Gasteiger partial charge in [-0.15, -0.1) is 0 Å². The Morgan fingerprint density at radius 3 is 3.00 bits per heavy atom. The van der Waals surface area contributed by atoms with Gasteiger partial charge in [0.05, 0.1) is 31.6 Å². The number of aliphatic hydroxyl groups excluding tert-OH is 1. The molecule has 0 radical (unpaired) electrons. The number of amides is 1. The molecule has 0 atom stereocenters. The van der Waals surface area contributed by atoms with Crippen molar-refractivity contribution in [3.63, 3.8) is 0 Å². The van der Waals surface area contributed by atoms with Gasteiger partial charge in [-0.2, -0.15) is 5.10 Å². The van der Waals surface area contributed by atoms with Crippen molar-refractivity contribution >= 4 is 23.2 Å². The summed E-state index contributed by atoms with van der Waals surface area (Å²) in [6.07, 6.45) is 1.38. The molecule has 0 bridgehead atoms. The molecule has 0 aliphatic carbocycles. The lowest BCUT2D eigenvalue weighted by molar-refractivity contribution is -0.122. The smallest absolute Gasteiger partial charge is 0.287 e. The van der Waals surface area contributed by atoms with E-state index in [1.165, 1.54) is 6.20 Å². The van der Waals surface area contributed by atoms with Gasteiger partial charge in [-0.1, -0.05) is 11.6 Å². The standard InChI is InChI=1S/C10H15ClN4O4/c11-9-7(13-1-4-19-6-8(12)17)5-14-15(2-3-16)10(9)18/h5,13,16H,1-4,6H2,(H2,12,17). The predicted molar refractivity (Wildman–Crippen MR) is 69.1 cm³/mol. The Hall–Kier alpha value is -1.64. The number of nitrogens with one attached hydrogen (secondary N) is 1. The summed E-state index contributed by atoms with van der Waals surface area (Å²) in [5.74, 6) is -0.550. The average molecular weight is 291 g/mol. The van der Waals surface area contributed by atoms with Crippen molar-refractivity contribution in [2.75, 3.05) is 31.7 Å². The zero-order valence-corrected chi connectivity index (χ0v) is 10.9. The van der Waals surface area contributed by atoms with Gasteiger partial charge in [-0.05, 0) is 0 Å². The quantitative estimate of drug-likeness (QED) is 0.518. The number of nitrogens with zero attached hydrogens (tertiary/aromatic N) is 2. The fourth-order valence-electron chi connectivity index (χ4n) is 1.27. The lowest BCUT2D eigenvalue weighted by atomic mass is 10.4. The normalized spacial score (nSPS) is 10.4. The summed E-state index contributed by atoms with van der Waals surface area (Å²) in [6.45, 7) is 0.306. The molecular weight excluding hydrogens is 276 g/mol. The van der Waals surface area contributed by atoms with Gasteiger partial charge < -0.3 is 20.9 Å². The Bertz CT molecular complexity index is 491. The Balaban J connectivity index is 2.53. The van der Waals surface area contributed by atoms with Crippen LogP contribution in [0.1, 0.15) is 0 Å². The van der Waals surface area contributed by atoms with Crippen molar-refractivity contribution in [3.05, 3.63) is 21.6 Å². The number of nitrogens with two attached hydrogens (primary N) is 1. The maximum absolute atomic E-state index is 11.7.